The summed E-state index contributed by atoms with van der Waals surface area (Å²) in [5, 5.41) is 10.1. The van der Waals surface area contributed by atoms with E-state index in [1.54, 1.807) is 33.7 Å². The number of imidazole rings is 1. The van der Waals surface area contributed by atoms with Gasteiger partial charge in [0.1, 0.15) is 35.0 Å². The van der Waals surface area contributed by atoms with Gasteiger partial charge in [-0.25, -0.2) is 14.8 Å². The molecule has 0 radical (unpaired) electrons. The van der Waals surface area contributed by atoms with Crippen LogP contribution in [0.25, 0.3) is 16.9 Å². The van der Waals surface area contributed by atoms with E-state index in [2.05, 4.69) is 27.9 Å². The molecule has 12 heteroatoms. The maximum Gasteiger partial charge on any atom is 0.335 e. The lowest BCUT2D eigenvalue weighted by molar-refractivity contribution is -0.128. The Labute approximate surface area is 272 Å². The van der Waals surface area contributed by atoms with Crippen LogP contribution in [0.4, 0.5) is 5.82 Å². The summed E-state index contributed by atoms with van der Waals surface area (Å²) < 4.78 is 14.4. The summed E-state index contributed by atoms with van der Waals surface area (Å²) in [5.74, 6) is 1.21. The van der Waals surface area contributed by atoms with Gasteiger partial charge >= 0.3 is 5.69 Å². The molecule has 2 N–H and O–H groups in total. The molecule has 2 aromatic carbocycles. The highest BCUT2D eigenvalue weighted by Crippen LogP contribution is 2.36. The van der Waals surface area contributed by atoms with E-state index < -0.39 is 0 Å². The first-order chi connectivity index (χ1) is 22.8. The molecule has 3 aliphatic heterocycles. The van der Waals surface area contributed by atoms with Gasteiger partial charge in [-0.2, -0.15) is 5.26 Å². The van der Waals surface area contributed by atoms with Gasteiger partial charge in [0, 0.05) is 13.1 Å². The van der Waals surface area contributed by atoms with E-state index in [0.29, 0.717) is 53.8 Å². The van der Waals surface area contributed by atoms with E-state index in [9.17, 15) is 14.9 Å². The lowest BCUT2D eigenvalue weighted by Crippen LogP contribution is -2.53. The van der Waals surface area contributed by atoms with E-state index >= 15 is 0 Å². The molecule has 5 heterocycles. The topological polar surface area (TPSA) is 145 Å². The number of ether oxygens (including phenoxy) is 2. The molecule has 0 bridgehead atoms. The fourth-order valence-electron chi connectivity index (χ4n) is 6.91. The second-order valence-electron chi connectivity index (χ2n) is 12.9. The molecule has 3 saturated heterocycles. The van der Waals surface area contributed by atoms with E-state index in [1.807, 2.05) is 36.4 Å². The Kier molecular flexibility index (Phi) is 8.26. The van der Waals surface area contributed by atoms with Crippen LogP contribution >= 0.6 is 0 Å². The average Bonchev–Trinajstić information content (AvgIpc) is 3.37. The molecule has 7 rings (SSSR count). The van der Waals surface area contributed by atoms with E-state index in [0.717, 1.165) is 39.1 Å². The molecule has 0 aliphatic carbocycles. The number of aromatic nitrogens is 4. The van der Waals surface area contributed by atoms with Crippen molar-refractivity contribution < 1.29 is 14.3 Å². The molecule has 0 unspecified atom stereocenters. The van der Waals surface area contributed by atoms with Crippen molar-refractivity contribution in [3.05, 3.63) is 83.1 Å². The molecular formula is C35H38N8O4. The first kappa shape index (κ1) is 30.7. The van der Waals surface area contributed by atoms with Gasteiger partial charge in [0.25, 0.3) is 5.91 Å². The van der Waals surface area contributed by atoms with Gasteiger partial charge in [0.15, 0.2) is 11.5 Å². The second kappa shape index (κ2) is 12.7. The summed E-state index contributed by atoms with van der Waals surface area (Å²) in [6, 6.07) is 18.9. The third-order valence-electron chi connectivity index (χ3n) is 9.72. The number of nitrogen functional groups attached to an aromatic ring is 1. The van der Waals surface area contributed by atoms with Crippen molar-refractivity contribution in [3.63, 3.8) is 0 Å². The van der Waals surface area contributed by atoms with E-state index in [-0.39, 0.29) is 41.0 Å². The molecule has 242 valence electrons. The number of fused-ring (bicyclic) bond motifs is 1. The molecule has 0 spiro atoms. The number of hydrogen-bond acceptors (Lipinski definition) is 9. The van der Waals surface area contributed by atoms with Crippen LogP contribution in [0.3, 0.4) is 0 Å². The number of rotatable bonds is 7. The smallest absolute Gasteiger partial charge is 0.335 e. The Bertz CT molecular complexity index is 1900. The highest BCUT2D eigenvalue weighted by Gasteiger charge is 2.36. The van der Waals surface area contributed by atoms with Gasteiger partial charge in [-0.3, -0.25) is 18.8 Å². The van der Waals surface area contributed by atoms with Crippen LogP contribution in [0.1, 0.15) is 38.6 Å². The van der Waals surface area contributed by atoms with Crippen molar-refractivity contribution in [2.75, 3.05) is 45.1 Å². The van der Waals surface area contributed by atoms with Gasteiger partial charge in [0.05, 0.1) is 31.0 Å². The number of piperidine rings is 2. The molecule has 3 aliphatic rings. The summed E-state index contributed by atoms with van der Waals surface area (Å²) in [7, 11) is 0. The van der Waals surface area contributed by atoms with Gasteiger partial charge in [-0.15, -0.1) is 0 Å². The van der Waals surface area contributed by atoms with Crippen LogP contribution < -0.4 is 16.2 Å². The van der Waals surface area contributed by atoms with Crippen molar-refractivity contribution in [3.8, 4) is 23.3 Å². The van der Waals surface area contributed by atoms with Crippen molar-refractivity contribution >= 4 is 22.9 Å². The number of carbonyl (C=O) groups excluding carboxylic acids is 1. The van der Waals surface area contributed by atoms with Gasteiger partial charge in [0.2, 0.25) is 0 Å². The average molecular weight is 635 g/mol. The standard InChI is InChI=1S/C35H38N8O4/c1-35(13-16-40(17-14-35)27-21-46-22-27)18-24(19-36)33(44)41-15-5-6-26(20-41)43-32-30(31(37)38-23-39-32)42(34(43)45)25-9-11-29(12-10-25)47-28-7-3-2-4-8-28/h2-4,7-12,18,23,26-27H,5-6,13-17,20-22H2,1H3,(H2,37,38,39)/b24-18+/t26-/m1/s1. The minimum atomic E-state index is -0.359. The van der Waals surface area contributed by atoms with Crippen LogP contribution in [-0.2, 0) is 9.53 Å². The van der Waals surface area contributed by atoms with Gasteiger partial charge < -0.3 is 20.1 Å². The number of likely N-dealkylation sites (tertiary alicyclic amines) is 2. The molecule has 0 saturated carbocycles. The molecule has 12 nitrogen and oxygen atoms in total. The zero-order valence-corrected chi connectivity index (χ0v) is 26.4. The normalized spacial score (nSPS) is 20.5. The van der Waals surface area contributed by atoms with Crippen molar-refractivity contribution in [2.45, 2.75) is 44.7 Å². The van der Waals surface area contributed by atoms with Crippen LogP contribution in [0.5, 0.6) is 11.5 Å². The fourth-order valence-corrected chi connectivity index (χ4v) is 6.91. The monoisotopic (exact) mass is 634 g/mol. The highest BCUT2D eigenvalue weighted by atomic mass is 16.5. The fraction of sp³-hybridized carbons (Fsp3) is 0.400. The van der Waals surface area contributed by atoms with Gasteiger partial charge in [-0.1, -0.05) is 31.2 Å². The molecule has 3 fully saturated rings. The molecule has 1 atom stereocenters. The van der Waals surface area contributed by atoms with Crippen molar-refractivity contribution in [1.29, 1.82) is 5.26 Å². The number of anilines is 1. The summed E-state index contributed by atoms with van der Waals surface area (Å²) in [4.78, 5) is 40.8. The molecular weight excluding hydrogens is 596 g/mol. The number of amides is 1. The number of nitriles is 1. The van der Waals surface area contributed by atoms with Crippen molar-refractivity contribution in [2.24, 2.45) is 5.41 Å². The van der Waals surface area contributed by atoms with Gasteiger partial charge in [-0.05, 0) is 80.6 Å². The maximum absolute atomic E-state index is 14.2. The first-order valence-corrected chi connectivity index (χ1v) is 16.1. The maximum atomic E-state index is 14.2. The number of para-hydroxylation sites is 1. The minimum Gasteiger partial charge on any atom is -0.457 e. The summed E-state index contributed by atoms with van der Waals surface area (Å²) >= 11 is 0. The Hall–Kier alpha value is -4.99. The van der Waals surface area contributed by atoms with Crippen LogP contribution in [-0.4, -0.2) is 80.2 Å². The molecule has 2 aromatic heterocycles. The quantitative estimate of drug-likeness (QED) is 0.235. The third kappa shape index (κ3) is 6.00. The molecule has 47 heavy (non-hydrogen) atoms. The Morgan fingerprint density at radius 3 is 2.45 bits per heavy atom. The zero-order chi connectivity index (χ0) is 32.5. The van der Waals surface area contributed by atoms with Crippen LogP contribution in [0, 0.1) is 16.7 Å². The van der Waals surface area contributed by atoms with E-state index in [1.165, 1.54) is 10.9 Å². The number of benzene rings is 2. The largest absolute Gasteiger partial charge is 0.457 e. The summed E-state index contributed by atoms with van der Waals surface area (Å²) in [6.07, 6.45) is 6.32. The first-order valence-electron chi connectivity index (χ1n) is 16.1. The highest BCUT2D eigenvalue weighted by molar-refractivity contribution is 5.97. The Morgan fingerprint density at radius 1 is 1.04 bits per heavy atom. The lowest BCUT2D eigenvalue weighted by Gasteiger charge is -2.44. The molecule has 1 amide bonds. The summed E-state index contributed by atoms with van der Waals surface area (Å²) in [5.41, 5.74) is 7.33. The number of hydrogen-bond donors (Lipinski definition) is 1. The Balaban J connectivity index is 1.14. The van der Waals surface area contributed by atoms with E-state index in [4.69, 9.17) is 15.2 Å². The third-order valence-corrected chi connectivity index (χ3v) is 9.72. The number of allylic oxidation sites excluding steroid dienone is 1. The molecule has 4 aromatic rings. The van der Waals surface area contributed by atoms with Crippen LogP contribution in [0.15, 0.2) is 77.4 Å². The minimum absolute atomic E-state index is 0.160. The number of nitrogens with zero attached hydrogens (tertiary/aromatic N) is 7. The predicted octanol–water partition coefficient (Wildman–Crippen LogP) is 4.07. The SMILES string of the molecule is CC1(/C=C(\C#N)C(=O)N2CCC[C@@H](n3c(=O)n(-c4ccc(Oc5ccccc5)cc4)c4c(N)ncnc43)C2)CCN(C2COC2)CC1. The van der Waals surface area contributed by atoms with Crippen LogP contribution in [0.2, 0.25) is 0 Å². The Morgan fingerprint density at radius 2 is 1.77 bits per heavy atom. The predicted molar refractivity (Wildman–Crippen MR) is 176 cm³/mol. The summed E-state index contributed by atoms with van der Waals surface area (Å²) in [6.45, 7) is 6.30. The lowest BCUT2D eigenvalue weighted by atomic mass is 9.78. The number of nitrogens with two attached hydrogens (primary N) is 1. The van der Waals surface area contributed by atoms with Crippen molar-refractivity contribution in [1.82, 2.24) is 28.9 Å². The zero-order valence-electron chi connectivity index (χ0n) is 26.4. The number of carbonyl (C=O) groups is 1. The second-order valence-corrected chi connectivity index (χ2v) is 12.9.